The third-order valence-corrected chi connectivity index (χ3v) is 7.79. The van der Waals surface area contributed by atoms with Gasteiger partial charge < -0.3 is 53.6 Å². The van der Waals surface area contributed by atoms with E-state index in [0.29, 0.717) is 11.3 Å². The molecule has 1 aromatic carbocycles. The minimum Gasteiger partial charge on any atom is -0.497 e. The smallest absolute Gasteiger partial charge is 0.337 e. The van der Waals surface area contributed by atoms with E-state index in [1.165, 1.54) is 26.2 Å². The molecule has 0 unspecified atom stereocenters. The summed E-state index contributed by atoms with van der Waals surface area (Å²) in [4.78, 5) is 38.0. The summed E-state index contributed by atoms with van der Waals surface area (Å²) in [5.41, 5.74) is -0.761. The van der Waals surface area contributed by atoms with E-state index in [9.17, 15) is 34.8 Å². The summed E-state index contributed by atoms with van der Waals surface area (Å²) in [7, 11) is 2.70. The summed E-state index contributed by atoms with van der Waals surface area (Å²) in [5.74, 6) is -3.56. The second kappa shape index (κ2) is 13.4. The fourth-order valence-electron chi connectivity index (χ4n) is 5.78. The van der Waals surface area contributed by atoms with Crippen LogP contribution in [0.1, 0.15) is 25.8 Å². The van der Waals surface area contributed by atoms with Crippen molar-refractivity contribution in [2.75, 3.05) is 20.8 Å². The van der Waals surface area contributed by atoms with Crippen LogP contribution in [0.5, 0.6) is 5.75 Å². The normalized spacial score (nSPS) is 35.3. The Morgan fingerprint density at radius 1 is 1.05 bits per heavy atom. The summed E-state index contributed by atoms with van der Waals surface area (Å²) >= 11 is 0. The Kier molecular flexibility index (Phi) is 10.1. The van der Waals surface area contributed by atoms with Gasteiger partial charge >= 0.3 is 17.9 Å². The Labute approximate surface area is 247 Å². The van der Waals surface area contributed by atoms with Gasteiger partial charge in [0.15, 0.2) is 6.29 Å². The first-order valence-corrected chi connectivity index (χ1v) is 13.5. The number of carbonyl (C=O) groups excluding carboxylic acids is 3. The van der Waals surface area contributed by atoms with Crippen LogP contribution < -0.4 is 4.74 Å². The number of aliphatic hydroxyl groups excluding tert-OH is 4. The molecule has 1 saturated heterocycles. The Hall–Kier alpha value is -3.53. The summed E-state index contributed by atoms with van der Waals surface area (Å²) in [5, 5.41) is 40.5. The van der Waals surface area contributed by atoms with E-state index in [1.807, 2.05) is 0 Å². The van der Waals surface area contributed by atoms with E-state index in [4.69, 9.17) is 33.2 Å². The van der Waals surface area contributed by atoms with Gasteiger partial charge in [0.2, 0.25) is 6.29 Å². The van der Waals surface area contributed by atoms with E-state index in [-0.39, 0.29) is 12.0 Å². The molecule has 0 radical (unpaired) electrons. The van der Waals surface area contributed by atoms with Crippen LogP contribution >= 0.6 is 0 Å². The van der Waals surface area contributed by atoms with Gasteiger partial charge in [-0.15, -0.1) is 0 Å². The molecular formula is C29H36O14. The summed E-state index contributed by atoms with van der Waals surface area (Å²) in [6.45, 7) is 2.05. The molecule has 14 nitrogen and oxygen atoms in total. The fourth-order valence-corrected chi connectivity index (χ4v) is 5.78. The van der Waals surface area contributed by atoms with Crippen molar-refractivity contribution in [3.63, 3.8) is 0 Å². The molecular weight excluding hydrogens is 572 g/mol. The second-order valence-electron chi connectivity index (χ2n) is 10.6. The van der Waals surface area contributed by atoms with Crippen molar-refractivity contribution < 1.29 is 68.0 Å². The van der Waals surface area contributed by atoms with Crippen molar-refractivity contribution in [3.8, 4) is 5.75 Å². The predicted molar refractivity (Wildman–Crippen MR) is 144 cm³/mol. The van der Waals surface area contributed by atoms with Crippen molar-refractivity contribution in [2.45, 2.75) is 69.0 Å². The lowest BCUT2D eigenvalue weighted by molar-refractivity contribution is -0.346. The molecule has 0 aromatic heterocycles. The first-order chi connectivity index (χ1) is 20.4. The third kappa shape index (κ3) is 6.84. The molecule has 236 valence electrons. The number of benzene rings is 1. The van der Waals surface area contributed by atoms with Crippen LogP contribution in [0.25, 0.3) is 6.08 Å². The van der Waals surface area contributed by atoms with Crippen LogP contribution in [0.4, 0.5) is 0 Å². The molecule has 1 aromatic rings. The Morgan fingerprint density at radius 2 is 1.74 bits per heavy atom. The summed E-state index contributed by atoms with van der Waals surface area (Å²) in [6, 6.07) is 6.93. The van der Waals surface area contributed by atoms with E-state index in [2.05, 4.69) is 0 Å². The molecule has 10 atom stereocenters. The molecule has 0 spiro atoms. The number of aliphatic hydroxyl groups is 4. The fraction of sp³-hybridized carbons (Fsp3) is 0.552. The second-order valence-corrected chi connectivity index (χ2v) is 10.6. The van der Waals surface area contributed by atoms with Crippen molar-refractivity contribution in [1.82, 2.24) is 0 Å². The van der Waals surface area contributed by atoms with Gasteiger partial charge in [0.25, 0.3) is 0 Å². The predicted octanol–water partition coefficient (Wildman–Crippen LogP) is -0.192. The Bertz CT molecular complexity index is 1230. The van der Waals surface area contributed by atoms with Crippen molar-refractivity contribution >= 4 is 24.0 Å². The van der Waals surface area contributed by atoms with Crippen molar-refractivity contribution in [1.29, 1.82) is 0 Å². The zero-order valence-electron chi connectivity index (χ0n) is 24.0. The maximum absolute atomic E-state index is 13.0. The number of ether oxygens (including phenoxy) is 7. The molecule has 43 heavy (non-hydrogen) atoms. The van der Waals surface area contributed by atoms with Crippen LogP contribution in [-0.2, 0) is 42.8 Å². The topological polar surface area (TPSA) is 197 Å². The molecule has 2 heterocycles. The number of carbonyl (C=O) groups is 3. The molecule has 4 rings (SSSR count). The van der Waals surface area contributed by atoms with E-state index in [1.54, 1.807) is 31.2 Å². The molecule has 0 amide bonds. The lowest BCUT2D eigenvalue weighted by Crippen LogP contribution is -2.61. The van der Waals surface area contributed by atoms with Gasteiger partial charge in [-0.2, -0.15) is 0 Å². The van der Waals surface area contributed by atoms with Crippen LogP contribution in [0, 0.1) is 11.8 Å². The van der Waals surface area contributed by atoms with Crippen LogP contribution in [0.3, 0.4) is 0 Å². The standard InChI is InChI=1S/C29H36O14/c1-14(31)43-29(2)11-18(40-20(32)10-7-15-5-8-16(37-3)9-6-15)21-17(26(36)38-4)13-39-27(22(21)29)42-28-25(35)24(34)23(33)19(12-30)41-28/h5-10,13,18-19,21-25,27-28,30,33-35H,11-12H2,1-4H3/t18-,19-,21+,22-,23-,24+,25-,27+,28+,29+/m1/s1. The number of rotatable bonds is 9. The molecule has 4 N–H and O–H groups in total. The first-order valence-electron chi connectivity index (χ1n) is 13.5. The van der Waals surface area contributed by atoms with Crippen molar-refractivity contribution in [3.05, 3.63) is 47.7 Å². The zero-order chi connectivity index (χ0) is 31.5. The van der Waals surface area contributed by atoms with Crippen LogP contribution in [-0.4, -0.2) is 108 Å². The summed E-state index contributed by atoms with van der Waals surface area (Å²) in [6.07, 6.45) is -6.67. The van der Waals surface area contributed by atoms with Crippen LogP contribution in [0.15, 0.2) is 42.2 Å². The maximum Gasteiger partial charge on any atom is 0.337 e. The lowest BCUT2D eigenvalue weighted by atomic mass is 9.80. The van der Waals surface area contributed by atoms with Gasteiger partial charge in [-0.1, -0.05) is 12.1 Å². The highest BCUT2D eigenvalue weighted by atomic mass is 16.8. The van der Waals surface area contributed by atoms with E-state index < -0.39 is 85.1 Å². The van der Waals surface area contributed by atoms with E-state index >= 15 is 0 Å². The van der Waals surface area contributed by atoms with E-state index in [0.717, 1.165) is 13.4 Å². The zero-order valence-corrected chi connectivity index (χ0v) is 24.0. The molecule has 3 aliphatic rings. The largest absolute Gasteiger partial charge is 0.497 e. The SMILES string of the molecule is COC(=O)C1=CO[C@@H](O[C@@H]2O[C@H](CO)[C@@H](O)[C@H](O)[C@H]2O)[C@H]2[C@@H]1[C@H](OC(=O)C=Cc1ccc(OC)cc1)C[C@]2(C)OC(C)=O. The summed E-state index contributed by atoms with van der Waals surface area (Å²) < 4.78 is 38.6. The highest BCUT2D eigenvalue weighted by molar-refractivity contribution is 5.90. The van der Waals surface area contributed by atoms with Gasteiger partial charge in [-0.25, -0.2) is 9.59 Å². The molecule has 1 aliphatic carbocycles. The van der Waals surface area contributed by atoms with Gasteiger partial charge in [0, 0.05) is 25.3 Å². The average molecular weight is 609 g/mol. The average Bonchev–Trinajstić information content (AvgIpc) is 3.27. The molecule has 2 aliphatic heterocycles. The number of hydrogen-bond acceptors (Lipinski definition) is 14. The number of hydrogen-bond donors (Lipinski definition) is 4. The Balaban J connectivity index is 1.64. The minimum absolute atomic E-state index is 0.0195. The highest BCUT2D eigenvalue weighted by Gasteiger charge is 2.63. The van der Waals surface area contributed by atoms with Gasteiger partial charge in [0.05, 0.1) is 38.6 Å². The highest BCUT2D eigenvalue weighted by Crippen LogP contribution is 2.52. The monoisotopic (exact) mass is 608 g/mol. The Morgan fingerprint density at radius 3 is 2.35 bits per heavy atom. The molecule has 0 bridgehead atoms. The van der Waals surface area contributed by atoms with Gasteiger partial charge in [-0.05, 0) is 30.7 Å². The number of methoxy groups -OCH3 is 2. The first kappa shape index (κ1) is 32.4. The lowest BCUT2D eigenvalue weighted by Gasteiger charge is -2.44. The van der Waals surface area contributed by atoms with Crippen LogP contribution in [0.2, 0.25) is 0 Å². The molecule has 14 heteroatoms. The number of esters is 3. The number of fused-ring (bicyclic) bond motifs is 1. The molecule has 1 saturated carbocycles. The van der Waals surface area contributed by atoms with Gasteiger partial charge in [0.1, 0.15) is 41.9 Å². The maximum atomic E-state index is 13.0. The minimum atomic E-state index is -1.76. The quantitative estimate of drug-likeness (QED) is 0.163. The van der Waals surface area contributed by atoms with Gasteiger partial charge in [-0.3, -0.25) is 4.79 Å². The third-order valence-electron chi connectivity index (χ3n) is 7.79. The molecule has 2 fully saturated rings. The van der Waals surface area contributed by atoms with Crippen molar-refractivity contribution in [2.24, 2.45) is 11.8 Å².